The molecule has 0 atom stereocenters. The highest BCUT2D eigenvalue weighted by Gasteiger charge is 2.58. The molecule has 3 aliphatic rings. The predicted molar refractivity (Wildman–Crippen MR) is 115 cm³/mol. The fourth-order valence-corrected chi connectivity index (χ4v) is 6.04. The quantitative estimate of drug-likeness (QED) is 0.624. The lowest BCUT2D eigenvalue weighted by Gasteiger charge is -2.38. The van der Waals surface area contributed by atoms with Gasteiger partial charge in [0, 0.05) is 22.8 Å². The summed E-state index contributed by atoms with van der Waals surface area (Å²) < 4.78 is 5.38. The molecule has 2 aliphatic carbocycles. The summed E-state index contributed by atoms with van der Waals surface area (Å²) in [6.07, 6.45) is 8.85. The Labute approximate surface area is 178 Å². The summed E-state index contributed by atoms with van der Waals surface area (Å²) >= 11 is 7.78. The molecule has 7 heteroatoms. The van der Waals surface area contributed by atoms with E-state index in [2.05, 4.69) is 22.8 Å². The monoisotopic (exact) mass is 430 g/mol. The number of hydrogen-bond acceptors (Lipinski definition) is 6. The maximum absolute atomic E-state index is 11.4. The fourth-order valence-electron chi connectivity index (χ4n) is 4.66. The van der Waals surface area contributed by atoms with Crippen LogP contribution in [0.4, 0.5) is 5.69 Å². The van der Waals surface area contributed by atoms with E-state index in [1.807, 2.05) is 12.1 Å². The molecular formula is C22H23ClN2O3S. The van der Waals surface area contributed by atoms with Crippen molar-refractivity contribution < 1.29 is 14.3 Å². The van der Waals surface area contributed by atoms with Gasteiger partial charge in [-0.1, -0.05) is 23.7 Å². The highest BCUT2D eigenvalue weighted by molar-refractivity contribution is 7.18. The maximum atomic E-state index is 11.4. The number of piperidine rings is 1. The predicted octanol–water partition coefficient (Wildman–Crippen LogP) is 4.69. The molecule has 0 bridgehead atoms. The van der Waals surface area contributed by atoms with E-state index in [4.69, 9.17) is 16.3 Å². The zero-order valence-corrected chi connectivity index (χ0v) is 17.6. The second kappa shape index (κ2) is 7.11. The summed E-state index contributed by atoms with van der Waals surface area (Å²) in [6.45, 7) is -0.127. The maximum Gasteiger partial charge on any atom is 0.163 e. The average molecular weight is 431 g/mol. The Hall–Kier alpha value is -1.89. The fraction of sp³-hybridized carbons (Fsp3) is 0.455. The zero-order chi connectivity index (χ0) is 20.1. The van der Waals surface area contributed by atoms with Crippen molar-refractivity contribution in [1.29, 1.82) is 0 Å². The second-order valence-corrected chi connectivity index (χ2v) is 9.98. The number of nitrogens with one attached hydrogen (secondary N) is 2. The lowest BCUT2D eigenvalue weighted by Crippen LogP contribution is -2.52. The summed E-state index contributed by atoms with van der Waals surface area (Å²) in [7, 11) is 0. The molecule has 0 radical (unpaired) electrons. The van der Waals surface area contributed by atoms with Crippen LogP contribution >= 0.6 is 22.9 Å². The number of benzene rings is 1. The Kier molecular flexibility index (Phi) is 4.68. The van der Waals surface area contributed by atoms with Crippen LogP contribution in [-0.4, -0.2) is 36.3 Å². The number of ether oxygens (including phenoxy) is 1. The molecule has 2 heterocycles. The van der Waals surface area contributed by atoms with Crippen molar-refractivity contribution in [2.24, 2.45) is 0 Å². The molecule has 152 valence electrons. The molecule has 2 spiro atoms. The summed E-state index contributed by atoms with van der Waals surface area (Å²) in [5, 5.41) is 8.05. The number of halogens is 1. The van der Waals surface area contributed by atoms with Gasteiger partial charge in [-0.15, -0.1) is 11.3 Å². The molecule has 1 saturated heterocycles. The van der Waals surface area contributed by atoms with Gasteiger partial charge in [0.1, 0.15) is 16.5 Å². The Morgan fingerprint density at radius 1 is 1.21 bits per heavy atom. The van der Waals surface area contributed by atoms with Gasteiger partial charge in [0.2, 0.25) is 0 Å². The minimum atomic E-state index is -0.127. The molecule has 0 unspecified atom stereocenters. The van der Waals surface area contributed by atoms with Crippen LogP contribution in [-0.2, 0) is 4.79 Å². The number of thiophene rings is 1. The van der Waals surface area contributed by atoms with E-state index in [9.17, 15) is 9.59 Å². The van der Waals surface area contributed by atoms with Crippen molar-refractivity contribution in [3.05, 3.63) is 34.2 Å². The first kappa shape index (κ1) is 19.1. The number of aldehydes is 2. The first-order valence-electron chi connectivity index (χ1n) is 10.1. The largest absolute Gasteiger partial charge is 0.483 e. The van der Waals surface area contributed by atoms with E-state index in [1.54, 1.807) is 0 Å². The standard InChI is InChI=1S/C22H23ClN2O3S/c23-18-19(28-9-8-26)17(13-27)29-20(18)14-2-1-3-15(10-14)24-16-11-21(4-5-21)25-22(12-16)6-7-22/h1-3,8,10,13,16,24-25H,4-7,9,11-12H2. The summed E-state index contributed by atoms with van der Waals surface area (Å²) in [6, 6.07) is 8.61. The van der Waals surface area contributed by atoms with Crippen molar-refractivity contribution in [3.8, 4) is 16.2 Å². The number of carbonyl (C=O) groups excluding carboxylic acids is 2. The topological polar surface area (TPSA) is 67.4 Å². The van der Waals surface area contributed by atoms with Crippen LogP contribution in [0.5, 0.6) is 5.75 Å². The molecular weight excluding hydrogens is 408 g/mol. The van der Waals surface area contributed by atoms with E-state index in [0.717, 1.165) is 35.3 Å². The Morgan fingerprint density at radius 3 is 2.55 bits per heavy atom. The van der Waals surface area contributed by atoms with E-state index >= 15 is 0 Å². The highest BCUT2D eigenvalue weighted by atomic mass is 35.5. The molecule has 2 aromatic rings. The summed E-state index contributed by atoms with van der Waals surface area (Å²) in [5.41, 5.74) is 2.73. The molecule has 2 N–H and O–H groups in total. The number of carbonyl (C=O) groups is 2. The van der Waals surface area contributed by atoms with E-state index in [1.165, 1.54) is 37.0 Å². The van der Waals surface area contributed by atoms with Gasteiger partial charge >= 0.3 is 0 Å². The first-order chi connectivity index (χ1) is 14.1. The average Bonchev–Trinajstić information content (AvgIpc) is 3.61. The Bertz CT molecular complexity index is 945. The third kappa shape index (κ3) is 3.69. The minimum Gasteiger partial charge on any atom is -0.483 e. The van der Waals surface area contributed by atoms with E-state index in [0.29, 0.717) is 33.3 Å². The van der Waals surface area contributed by atoms with Gasteiger partial charge in [-0.25, -0.2) is 0 Å². The third-order valence-corrected chi connectivity index (χ3v) is 7.86. The van der Waals surface area contributed by atoms with Crippen LogP contribution in [0.3, 0.4) is 0 Å². The van der Waals surface area contributed by atoms with Crippen LogP contribution in [0.15, 0.2) is 24.3 Å². The van der Waals surface area contributed by atoms with Gasteiger partial charge in [-0.2, -0.15) is 0 Å². The Balaban J connectivity index is 1.38. The van der Waals surface area contributed by atoms with Crippen LogP contribution in [0.2, 0.25) is 5.02 Å². The van der Waals surface area contributed by atoms with E-state index < -0.39 is 0 Å². The molecule has 1 aromatic carbocycles. The minimum absolute atomic E-state index is 0.127. The van der Waals surface area contributed by atoms with Crippen LogP contribution in [0.1, 0.15) is 48.2 Å². The lowest BCUT2D eigenvalue weighted by atomic mass is 9.90. The summed E-state index contributed by atoms with van der Waals surface area (Å²) in [5.74, 6) is 0.289. The molecule has 5 nitrogen and oxygen atoms in total. The molecule has 29 heavy (non-hydrogen) atoms. The van der Waals surface area contributed by atoms with Crippen LogP contribution in [0, 0.1) is 0 Å². The SMILES string of the molecule is O=CCOc1c(C=O)sc(-c2cccc(NC3CC4(CC4)NC4(CC4)C3)c2)c1Cl. The van der Waals surface area contributed by atoms with Gasteiger partial charge < -0.3 is 15.4 Å². The molecule has 1 aromatic heterocycles. The van der Waals surface area contributed by atoms with Crippen molar-refractivity contribution in [3.63, 3.8) is 0 Å². The number of anilines is 1. The van der Waals surface area contributed by atoms with Crippen molar-refractivity contribution in [2.75, 3.05) is 11.9 Å². The third-order valence-electron chi connectivity index (χ3n) is 6.24. The zero-order valence-electron chi connectivity index (χ0n) is 16.0. The number of rotatable bonds is 7. The lowest BCUT2D eigenvalue weighted by molar-refractivity contribution is -0.109. The van der Waals surface area contributed by atoms with Crippen molar-refractivity contribution in [2.45, 2.75) is 55.6 Å². The van der Waals surface area contributed by atoms with Crippen molar-refractivity contribution in [1.82, 2.24) is 5.32 Å². The van der Waals surface area contributed by atoms with E-state index in [-0.39, 0.29) is 12.4 Å². The number of hydrogen-bond donors (Lipinski definition) is 2. The molecule has 3 fully saturated rings. The molecule has 1 aliphatic heterocycles. The molecule has 0 amide bonds. The van der Waals surface area contributed by atoms with Gasteiger partial charge in [0.25, 0.3) is 0 Å². The van der Waals surface area contributed by atoms with Gasteiger partial charge in [-0.3, -0.25) is 9.59 Å². The smallest absolute Gasteiger partial charge is 0.163 e. The highest BCUT2D eigenvalue weighted by Crippen LogP contribution is 2.54. The summed E-state index contributed by atoms with van der Waals surface area (Å²) in [4.78, 5) is 23.2. The Morgan fingerprint density at radius 2 is 1.93 bits per heavy atom. The van der Waals surface area contributed by atoms with Gasteiger partial charge in [-0.05, 0) is 56.2 Å². The van der Waals surface area contributed by atoms with Gasteiger partial charge in [0.15, 0.2) is 18.3 Å². The molecule has 5 rings (SSSR count). The second-order valence-electron chi connectivity index (χ2n) is 8.55. The van der Waals surface area contributed by atoms with Crippen LogP contribution < -0.4 is 15.4 Å². The van der Waals surface area contributed by atoms with Gasteiger partial charge in [0.05, 0.1) is 4.88 Å². The normalized spacial score (nSPS) is 23.0. The molecule has 2 saturated carbocycles. The van der Waals surface area contributed by atoms with Crippen molar-refractivity contribution >= 4 is 41.2 Å². The first-order valence-corrected chi connectivity index (χ1v) is 11.3. The van der Waals surface area contributed by atoms with Crippen LogP contribution in [0.25, 0.3) is 10.4 Å².